The third-order valence-electron chi connectivity index (χ3n) is 5.39. The molecule has 2 nitrogen and oxygen atoms in total. The molecule has 3 unspecified atom stereocenters. The Morgan fingerprint density at radius 3 is 2.50 bits per heavy atom. The number of ketones is 1. The standard InChI is InChI=1S/C16H26O2/c1-10-6-7-12(16(3,4)18-5)8-14-11(2)15(17)9-13(10)14/h10,12-13H,6-9H2,1-5H3. The van der Waals surface area contributed by atoms with Crippen LogP contribution in [0.2, 0.25) is 0 Å². The van der Waals surface area contributed by atoms with Gasteiger partial charge in [-0.05, 0) is 63.4 Å². The summed E-state index contributed by atoms with van der Waals surface area (Å²) in [6, 6.07) is 0. The van der Waals surface area contributed by atoms with E-state index in [2.05, 4.69) is 20.8 Å². The molecule has 0 spiro atoms. The van der Waals surface area contributed by atoms with Crippen molar-refractivity contribution in [1.82, 2.24) is 0 Å². The fourth-order valence-electron chi connectivity index (χ4n) is 3.58. The molecule has 0 aromatic heterocycles. The minimum atomic E-state index is -0.0898. The Hall–Kier alpha value is -0.630. The summed E-state index contributed by atoms with van der Waals surface area (Å²) in [6.45, 7) is 8.68. The first-order valence-corrected chi connectivity index (χ1v) is 7.14. The number of ether oxygens (including phenoxy) is 1. The highest BCUT2D eigenvalue weighted by Crippen LogP contribution is 2.46. The van der Waals surface area contributed by atoms with Gasteiger partial charge in [0.25, 0.3) is 0 Å². The Morgan fingerprint density at radius 1 is 1.22 bits per heavy atom. The van der Waals surface area contributed by atoms with Gasteiger partial charge in [0.05, 0.1) is 5.60 Å². The molecule has 0 amide bonds. The maximum Gasteiger partial charge on any atom is 0.159 e. The summed E-state index contributed by atoms with van der Waals surface area (Å²) in [7, 11) is 1.80. The fourth-order valence-corrected chi connectivity index (χ4v) is 3.58. The van der Waals surface area contributed by atoms with Crippen LogP contribution < -0.4 is 0 Å². The van der Waals surface area contributed by atoms with Gasteiger partial charge in [0, 0.05) is 13.5 Å². The Bertz CT molecular complexity index is 379. The average Bonchev–Trinajstić information content (AvgIpc) is 2.50. The fraction of sp³-hybridized carbons (Fsp3) is 0.812. The molecule has 0 N–H and O–H groups in total. The lowest BCUT2D eigenvalue weighted by molar-refractivity contribution is -0.115. The van der Waals surface area contributed by atoms with E-state index in [1.807, 2.05) is 6.92 Å². The van der Waals surface area contributed by atoms with Crippen LogP contribution in [0.1, 0.15) is 53.4 Å². The number of methoxy groups -OCH3 is 1. The predicted octanol–water partition coefficient (Wildman–Crippen LogP) is 3.75. The van der Waals surface area contributed by atoms with Crippen molar-refractivity contribution in [3.8, 4) is 0 Å². The molecular weight excluding hydrogens is 224 g/mol. The second kappa shape index (κ2) is 4.80. The molecule has 0 radical (unpaired) electrons. The van der Waals surface area contributed by atoms with E-state index in [1.54, 1.807) is 7.11 Å². The predicted molar refractivity (Wildman–Crippen MR) is 73.4 cm³/mol. The van der Waals surface area contributed by atoms with Gasteiger partial charge in [0.2, 0.25) is 0 Å². The third kappa shape index (κ3) is 2.27. The number of fused-ring (bicyclic) bond motifs is 1. The smallest absolute Gasteiger partial charge is 0.159 e. The number of hydrogen-bond donors (Lipinski definition) is 0. The normalized spacial score (nSPS) is 33.6. The van der Waals surface area contributed by atoms with Gasteiger partial charge in [0.1, 0.15) is 0 Å². The largest absolute Gasteiger partial charge is 0.379 e. The molecule has 102 valence electrons. The number of Topliss-reactive ketones (excluding diaryl/α,β-unsaturated/α-hetero) is 1. The van der Waals surface area contributed by atoms with Gasteiger partial charge in [-0.15, -0.1) is 0 Å². The van der Waals surface area contributed by atoms with E-state index in [1.165, 1.54) is 18.4 Å². The second-order valence-corrected chi connectivity index (χ2v) is 6.65. The highest BCUT2D eigenvalue weighted by Gasteiger charge is 2.40. The molecule has 0 saturated heterocycles. The van der Waals surface area contributed by atoms with Gasteiger partial charge in [-0.25, -0.2) is 0 Å². The summed E-state index contributed by atoms with van der Waals surface area (Å²) >= 11 is 0. The van der Waals surface area contributed by atoms with Crippen molar-refractivity contribution < 1.29 is 9.53 Å². The Labute approximate surface area is 111 Å². The summed E-state index contributed by atoms with van der Waals surface area (Å²) in [5, 5.41) is 0. The average molecular weight is 250 g/mol. The molecular formula is C16H26O2. The molecule has 2 rings (SSSR count). The molecule has 0 aromatic rings. The molecule has 0 heterocycles. The van der Waals surface area contributed by atoms with E-state index in [4.69, 9.17) is 4.74 Å². The Morgan fingerprint density at radius 2 is 1.89 bits per heavy atom. The SMILES string of the molecule is COC(C)(C)C1CCC(C)C2CC(=O)C(C)=C2C1. The van der Waals surface area contributed by atoms with Crippen molar-refractivity contribution in [2.45, 2.75) is 59.0 Å². The van der Waals surface area contributed by atoms with E-state index >= 15 is 0 Å². The topological polar surface area (TPSA) is 26.3 Å². The summed E-state index contributed by atoms with van der Waals surface area (Å²) in [5.74, 6) is 2.05. The van der Waals surface area contributed by atoms with Crippen LogP contribution in [0.5, 0.6) is 0 Å². The number of allylic oxidation sites excluding steroid dienone is 2. The molecule has 1 fully saturated rings. The van der Waals surface area contributed by atoms with Gasteiger partial charge >= 0.3 is 0 Å². The van der Waals surface area contributed by atoms with Crippen molar-refractivity contribution in [3.05, 3.63) is 11.1 Å². The molecule has 3 atom stereocenters. The number of hydrogen-bond acceptors (Lipinski definition) is 2. The maximum atomic E-state index is 11.9. The molecule has 0 aromatic carbocycles. The van der Waals surface area contributed by atoms with Crippen LogP contribution in [0.3, 0.4) is 0 Å². The number of carbonyl (C=O) groups excluding carboxylic acids is 1. The lowest BCUT2D eigenvalue weighted by Gasteiger charge is -2.33. The molecule has 2 aliphatic rings. The molecule has 2 aliphatic carbocycles. The number of rotatable bonds is 2. The van der Waals surface area contributed by atoms with Crippen LogP contribution in [0, 0.1) is 17.8 Å². The summed E-state index contributed by atoms with van der Waals surface area (Å²) in [5.41, 5.74) is 2.39. The van der Waals surface area contributed by atoms with E-state index in [-0.39, 0.29) is 5.60 Å². The molecule has 18 heavy (non-hydrogen) atoms. The van der Waals surface area contributed by atoms with E-state index in [9.17, 15) is 4.79 Å². The highest BCUT2D eigenvalue weighted by molar-refractivity contribution is 5.98. The minimum Gasteiger partial charge on any atom is -0.379 e. The first kappa shape index (κ1) is 13.8. The van der Waals surface area contributed by atoms with Crippen LogP contribution in [0.15, 0.2) is 11.1 Å². The quantitative estimate of drug-likeness (QED) is 0.746. The van der Waals surface area contributed by atoms with Gasteiger partial charge in [-0.2, -0.15) is 0 Å². The minimum absolute atomic E-state index is 0.0898. The summed E-state index contributed by atoms with van der Waals surface area (Å²) in [6.07, 6.45) is 4.23. The van der Waals surface area contributed by atoms with Crippen molar-refractivity contribution in [2.24, 2.45) is 17.8 Å². The zero-order chi connectivity index (χ0) is 13.5. The van der Waals surface area contributed by atoms with E-state index in [0.29, 0.717) is 23.5 Å². The summed E-state index contributed by atoms with van der Waals surface area (Å²) < 4.78 is 5.67. The van der Waals surface area contributed by atoms with Crippen LogP contribution in [0.4, 0.5) is 0 Å². The molecule has 0 bridgehead atoms. The Balaban J connectivity index is 2.29. The van der Waals surface area contributed by atoms with E-state index in [0.717, 1.165) is 18.4 Å². The van der Waals surface area contributed by atoms with Crippen LogP contribution in [-0.2, 0) is 9.53 Å². The van der Waals surface area contributed by atoms with Gasteiger partial charge < -0.3 is 4.74 Å². The first-order chi connectivity index (χ1) is 8.36. The van der Waals surface area contributed by atoms with Crippen molar-refractivity contribution in [3.63, 3.8) is 0 Å². The van der Waals surface area contributed by atoms with Crippen molar-refractivity contribution in [1.29, 1.82) is 0 Å². The van der Waals surface area contributed by atoms with E-state index < -0.39 is 0 Å². The van der Waals surface area contributed by atoms with Gasteiger partial charge in [0.15, 0.2) is 5.78 Å². The summed E-state index contributed by atoms with van der Waals surface area (Å²) in [4.78, 5) is 11.9. The van der Waals surface area contributed by atoms with Crippen molar-refractivity contribution >= 4 is 5.78 Å². The zero-order valence-corrected chi connectivity index (χ0v) is 12.4. The zero-order valence-electron chi connectivity index (χ0n) is 12.4. The van der Waals surface area contributed by atoms with Crippen LogP contribution in [0.25, 0.3) is 0 Å². The third-order valence-corrected chi connectivity index (χ3v) is 5.39. The highest BCUT2D eigenvalue weighted by atomic mass is 16.5. The Kier molecular flexibility index (Phi) is 3.68. The van der Waals surface area contributed by atoms with Crippen LogP contribution >= 0.6 is 0 Å². The van der Waals surface area contributed by atoms with Gasteiger partial charge in [-0.1, -0.05) is 12.5 Å². The molecule has 2 heteroatoms. The lowest BCUT2D eigenvalue weighted by Crippen LogP contribution is -2.33. The first-order valence-electron chi connectivity index (χ1n) is 7.14. The van der Waals surface area contributed by atoms with Crippen molar-refractivity contribution in [2.75, 3.05) is 7.11 Å². The monoisotopic (exact) mass is 250 g/mol. The maximum absolute atomic E-state index is 11.9. The van der Waals surface area contributed by atoms with Gasteiger partial charge in [-0.3, -0.25) is 4.79 Å². The number of carbonyl (C=O) groups is 1. The van der Waals surface area contributed by atoms with Crippen LogP contribution in [-0.4, -0.2) is 18.5 Å². The molecule has 0 aliphatic heterocycles. The second-order valence-electron chi connectivity index (χ2n) is 6.65. The lowest BCUT2D eigenvalue weighted by atomic mass is 9.82. The molecule has 1 saturated carbocycles.